The maximum Gasteiger partial charge on any atom is 0.122 e. The van der Waals surface area contributed by atoms with Crippen LogP contribution < -0.4 is 4.74 Å². The molecule has 0 saturated carbocycles. The van der Waals surface area contributed by atoms with Gasteiger partial charge in [0.05, 0.1) is 18.8 Å². The van der Waals surface area contributed by atoms with Crippen LogP contribution in [-0.4, -0.2) is 18.8 Å². The lowest BCUT2D eigenvalue weighted by atomic mass is 9.82. The minimum Gasteiger partial charge on any atom is -0.496 e. The Morgan fingerprint density at radius 1 is 1.33 bits per heavy atom. The summed E-state index contributed by atoms with van der Waals surface area (Å²) in [7, 11) is 1.75. The minimum atomic E-state index is 0.0932. The average Bonchev–Trinajstić information content (AvgIpc) is 2.95. The van der Waals surface area contributed by atoms with Crippen molar-refractivity contribution in [1.82, 2.24) is 0 Å². The smallest absolute Gasteiger partial charge is 0.122 e. The predicted molar refractivity (Wildman–Crippen MR) is 72.4 cm³/mol. The standard InChI is InChI=1S/C16H22O2/c1-10-5-6-15-16(3,18-15)9-12-7-11(2)14(17-4)8-13(10)12/h7-8,10,15H,5-6,9H2,1-4H3/t10-,15+,16-/m1/s1. The third-order valence-electron chi connectivity index (χ3n) is 4.63. The number of aryl methyl sites for hydroxylation is 1. The Morgan fingerprint density at radius 3 is 2.83 bits per heavy atom. The molecule has 18 heavy (non-hydrogen) atoms. The van der Waals surface area contributed by atoms with Crippen LogP contribution in [0.5, 0.6) is 5.75 Å². The minimum absolute atomic E-state index is 0.0932. The van der Waals surface area contributed by atoms with E-state index in [0.717, 1.165) is 12.2 Å². The van der Waals surface area contributed by atoms with Gasteiger partial charge in [-0.2, -0.15) is 0 Å². The quantitative estimate of drug-likeness (QED) is 0.706. The van der Waals surface area contributed by atoms with Gasteiger partial charge in [0.15, 0.2) is 0 Å². The van der Waals surface area contributed by atoms with Gasteiger partial charge in [0.1, 0.15) is 5.75 Å². The van der Waals surface area contributed by atoms with Gasteiger partial charge in [0.2, 0.25) is 0 Å². The molecule has 2 heteroatoms. The second-order valence-electron chi connectivity index (χ2n) is 6.09. The van der Waals surface area contributed by atoms with Crippen LogP contribution in [0.15, 0.2) is 12.1 Å². The van der Waals surface area contributed by atoms with Crippen molar-refractivity contribution in [2.45, 2.75) is 57.7 Å². The first-order valence-corrected chi connectivity index (χ1v) is 6.89. The lowest BCUT2D eigenvalue weighted by molar-refractivity contribution is 0.304. The molecule has 1 aliphatic carbocycles. The van der Waals surface area contributed by atoms with Gasteiger partial charge in [-0.25, -0.2) is 0 Å². The summed E-state index contributed by atoms with van der Waals surface area (Å²) in [5.74, 6) is 1.61. The van der Waals surface area contributed by atoms with Crippen LogP contribution in [0.3, 0.4) is 0 Å². The molecule has 1 fully saturated rings. The topological polar surface area (TPSA) is 21.8 Å². The highest BCUT2D eigenvalue weighted by Crippen LogP contribution is 2.47. The molecular weight excluding hydrogens is 224 g/mol. The lowest BCUT2D eigenvalue weighted by Gasteiger charge is -2.22. The Hall–Kier alpha value is -1.02. The molecule has 0 aromatic heterocycles. The molecule has 2 nitrogen and oxygen atoms in total. The van der Waals surface area contributed by atoms with Gasteiger partial charge in [0, 0.05) is 6.42 Å². The molecule has 0 spiro atoms. The van der Waals surface area contributed by atoms with Crippen molar-refractivity contribution in [3.8, 4) is 5.75 Å². The SMILES string of the molecule is COc1cc2c(cc1C)C[C@@]1(C)O[C@H]1CC[C@H]2C. The van der Waals surface area contributed by atoms with Gasteiger partial charge in [-0.1, -0.05) is 13.0 Å². The highest BCUT2D eigenvalue weighted by molar-refractivity contribution is 5.45. The Kier molecular flexibility index (Phi) is 2.67. The first-order valence-electron chi connectivity index (χ1n) is 6.89. The van der Waals surface area contributed by atoms with E-state index in [1.165, 1.54) is 29.5 Å². The number of rotatable bonds is 1. The van der Waals surface area contributed by atoms with Crippen LogP contribution in [0, 0.1) is 6.92 Å². The van der Waals surface area contributed by atoms with E-state index in [9.17, 15) is 0 Å². The number of hydrogen-bond acceptors (Lipinski definition) is 2. The van der Waals surface area contributed by atoms with Crippen LogP contribution in [0.2, 0.25) is 0 Å². The number of methoxy groups -OCH3 is 1. The Morgan fingerprint density at radius 2 is 2.11 bits per heavy atom. The summed E-state index contributed by atoms with van der Waals surface area (Å²) in [6.07, 6.45) is 3.92. The summed E-state index contributed by atoms with van der Waals surface area (Å²) in [6, 6.07) is 4.53. The third-order valence-corrected chi connectivity index (χ3v) is 4.63. The van der Waals surface area contributed by atoms with Crippen LogP contribution >= 0.6 is 0 Å². The molecule has 98 valence electrons. The molecule has 1 aliphatic heterocycles. The number of ether oxygens (including phenoxy) is 2. The van der Waals surface area contributed by atoms with Crippen molar-refractivity contribution in [1.29, 1.82) is 0 Å². The van der Waals surface area contributed by atoms with Crippen molar-refractivity contribution >= 4 is 0 Å². The number of epoxide rings is 1. The van der Waals surface area contributed by atoms with Gasteiger partial charge in [0.25, 0.3) is 0 Å². The summed E-state index contributed by atoms with van der Waals surface area (Å²) in [5.41, 5.74) is 4.22. The van der Waals surface area contributed by atoms with E-state index in [1.807, 2.05) is 0 Å². The first kappa shape index (κ1) is 12.0. The van der Waals surface area contributed by atoms with Crippen LogP contribution in [0.1, 0.15) is 49.3 Å². The Labute approximate surface area is 109 Å². The van der Waals surface area contributed by atoms with E-state index in [4.69, 9.17) is 9.47 Å². The van der Waals surface area contributed by atoms with Crippen LogP contribution in [0.4, 0.5) is 0 Å². The van der Waals surface area contributed by atoms with Crippen molar-refractivity contribution < 1.29 is 9.47 Å². The van der Waals surface area contributed by atoms with Gasteiger partial charge >= 0.3 is 0 Å². The third kappa shape index (κ3) is 1.83. The number of fused-ring (bicyclic) bond motifs is 2. The van der Waals surface area contributed by atoms with Gasteiger partial charge < -0.3 is 9.47 Å². The fourth-order valence-corrected chi connectivity index (χ4v) is 3.34. The molecule has 0 bridgehead atoms. The molecule has 1 saturated heterocycles. The van der Waals surface area contributed by atoms with Crippen molar-refractivity contribution in [3.63, 3.8) is 0 Å². The van der Waals surface area contributed by atoms with Gasteiger partial charge in [-0.15, -0.1) is 0 Å². The molecule has 0 radical (unpaired) electrons. The second-order valence-corrected chi connectivity index (χ2v) is 6.09. The van der Waals surface area contributed by atoms with Crippen LogP contribution in [0.25, 0.3) is 0 Å². The molecule has 0 N–H and O–H groups in total. The summed E-state index contributed by atoms with van der Waals surface area (Å²) in [6.45, 7) is 6.69. The van der Waals surface area contributed by atoms with E-state index >= 15 is 0 Å². The van der Waals surface area contributed by atoms with Gasteiger partial charge in [-0.3, -0.25) is 0 Å². The number of hydrogen-bond donors (Lipinski definition) is 0. The molecule has 0 amide bonds. The van der Waals surface area contributed by atoms with Gasteiger partial charge in [-0.05, 0) is 55.4 Å². The monoisotopic (exact) mass is 246 g/mol. The van der Waals surface area contributed by atoms with Crippen LogP contribution in [-0.2, 0) is 11.2 Å². The maximum atomic E-state index is 5.90. The summed E-state index contributed by atoms with van der Waals surface area (Å²) in [4.78, 5) is 0. The highest BCUT2D eigenvalue weighted by Gasteiger charge is 2.52. The molecule has 2 aliphatic rings. The summed E-state index contributed by atoms with van der Waals surface area (Å²) >= 11 is 0. The van der Waals surface area contributed by atoms with E-state index < -0.39 is 0 Å². The normalized spacial score (nSPS) is 34.0. The van der Waals surface area contributed by atoms with E-state index in [2.05, 4.69) is 32.9 Å². The molecule has 1 heterocycles. The largest absolute Gasteiger partial charge is 0.496 e. The Balaban J connectivity index is 2.05. The zero-order valence-electron chi connectivity index (χ0n) is 11.7. The fraction of sp³-hybridized carbons (Fsp3) is 0.625. The van der Waals surface area contributed by atoms with E-state index in [1.54, 1.807) is 7.11 Å². The number of benzene rings is 1. The second kappa shape index (κ2) is 3.99. The zero-order valence-corrected chi connectivity index (χ0v) is 11.7. The summed E-state index contributed by atoms with van der Waals surface area (Å²) < 4.78 is 11.4. The average molecular weight is 246 g/mol. The zero-order chi connectivity index (χ0) is 12.9. The predicted octanol–water partition coefficient (Wildman–Crippen LogP) is 3.60. The van der Waals surface area contributed by atoms with Crippen molar-refractivity contribution in [3.05, 3.63) is 28.8 Å². The summed E-state index contributed by atoms with van der Waals surface area (Å²) in [5, 5.41) is 0. The fourth-order valence-electron chi connectivity index (χ4n) is 3.34. The molecule has 1 aromatic carbocycles. The molecule has 3 atom stereocenters. The molecular formula is C16H22O2. The van der Waals surface area contributed by atoms with Crippen molar-refractivity contribution in [2.24, 2.45) is 0 Å². The van der Waals surface area contributed by atoms with E-state index in [-0.39, 0.29) is 5.60 Å². The highest BCUT2D eigenvalue weighted by atomic mass is 16.6. The maximum absolute atomic E-state index is 5.90. The van der Waals surface area contributed by atoms with Crippen molar-refractivity contribution in [2.75, 3.05) is 7.11 Å². The first-order chi connectivity index (χ1) is 8.53. The lowest BCUT2D eigenvalue weighted by Crippen LogP contribution is -2.19. The molecule has 3 rings (SSSR count). The molecule has 0 unspecified atom stereocenters. The Bertz CT molecular complexity index is 480. The molecule has 1 aromatic rings. The van der Waals surface area contributed by atoms with E-state index in [0.29, 0.717) is 12.0 Å².